The van der Waals surface area contributed by atoms with Gasteiger partial charge in [0.05, 0.1) is 11.3 Å². The van der Waals surface area contributed by atoms with E-state index in [-0.39, 0.29) is 10.8 Å². The molecule has 68 valence electrons. The molecule has 0 spiro atoms. The Bertz CT molecular complexity index is 388. The van der Waals surface area contributed by atoms with Gasteiger partial charge in [-0.1, -0.05) is 17.5 Å². The van der Waals surface area contributed by atoms with E-state index in [2.05, 4.69) is 16.9 Å². The molecule has 1 rings (SSSR count). The Morgan fingerprint density at radius 3 is 3.00 bits per heavy atom. The van der Waals surface area contributed by atoms with Gasteiger partial charge in [-0.25, -0.2) is 0 Å². The Kier molecular flexibility index (Phi) is 2.88. The second-order valence-corrected chi connectivity index (χ2v) is 2.59. The highest BCUT2D eigenvalue weighted by molar-refractivity contribution is 6.32. The van der Waals surface area contributed by atoms with Gasteiger partial charge in [0.2, 0.25) is 0 Å². The summed E-state index contributed by atoms with van der Waals surface area (Å²) in [5.41, 5.74) is 0. The highest BCUT2D eigenvalue weighted by atomic mass is 35.5. The third kappa shape index (κ3) is 2.20. The molecule has 6 heteroatoms. The van der Waals surface area contributed by atoms with Crippen LogP contribution in [0.1, 0.15) is 6.92 Å². The van der Waals surface area contributed by atoms with Gasteiger partial charge in [0.15, 0.2) is 5.02 Å². The number of halogens is 1. The number of hydrogen-bond donors (Lipinski definition) is 0. The molecule has 0 amide bonds. The summed E-state index contributed by atoms with van der Waals surface area (Å²) < 4.78 is 1.33. The molecular formula is C7H6ClN3O2. The lowest BCUT2D eigenvalue weighted by Crippen LogP contribution is -1.97. The zero-order valence-corrected chi connectivity index (χ0v) is 7.58. The first-order chi connectivity index (χ1) is 6.15. The number of rotatable bonds is 2. The van der Waals surface area contributed by atoms with Crippen LogP contribution in [0.4, 0.5) is 5.82 Å². The molecule has 5 nitrogen and oxygen atoms in total. The molecule has 0 unspecified atom stereocenters. The summed E-state index contributed by atoms with van der Waals surface area (Å²) in [6.45, 7) is 1.99. The molecule has 0 atom stereocenters. The summed E-state index contributed by atoms with van der Waals surface area (Å²) in [5.74, 6) is 5.03. The van der Waals surface area contributed by atoms with Crippen LogP contribution in [0, 0.1) is 22.0 Å². The lowest BCUT2D eigenvalue weighted by atomic mass is 10.6. The van der Waals surface area contributed by atoms with E-state index >= 15 is 0 Å². The molecule has 1 aromatic heterocycles. The summed E-state index contributed by atoms with van der Waals surface area (Å²) in [5, 5.41) is 14.0. The van der Waals surface area contributed by atoms with Gasteiger partial charge in [-0.15, -0.1) is 5.92 Å². The molecule has 0 aromatic carbocycles. The number of nitro groups is 1. The Morgan fingerprint density at radius 1 is 1.85 bits per heavy atom. The molecule has 0 saturated carbocycles. The average molecular weight is 200 g/mol. The second-order valence-electron chi connectivity index (χ2n) is 2.18. The normalized spacial score (nSPS) is 9.08. The fourth-order valence-corrected chi connectivity index (χ4v) is 0.971. The minimum atomic E-state index is -0.627. The first-order valence-electron chi connectivity index (χ1n) is 3.42. The van der Waals surface area contributed by atoms with Crippen LogP contribution in [0.25, 0.3) is 0 Å². The van der Waals surface area contributed by atoms with Crippen LogP contribution >= 0.6 is 11.6 Å². The molecule has 0 saturated heterocycles. The monoisotopic (exact) mass is 199 g/mol. The summed E-state index contributed by atoms with van der Waals surface area (Å²) in [7, 11) is 0. The minimum absolute atomic E-state index is 0.0305. The summed E-state index contributed by atoms with van der Waals surface area (Å²) in [6.07, 6.45) is 1.38. The molecule has 1 heterocycles. The van der Waals surface area contributed by atoms with Crippen molar-refractivity contribution in [1.82, 2.24) is 9.78 Å². The van der Waals surface area contributed by atoms with Gasteiger partial charge >= 0.3 is 5.82 Å². The van der Waals surface area contributed by atoms with Crippen LogP contribution in [0.15, 0.2) is 6.20 Å². The molecule has 0 radical (unpaired) electrons. The van der Waals surface area contributed by atoms with Gasteiger partial charge < -0.3 is 10.1 Å². The van der Waals surface area contributed by atoms with Crippen molar-refractivity contribution in [2.45, 2.75) is 13.5 Å². The predicted molar refractivity (Wildman–Crippen MR) is 47.3 cm³/mol. The van der Waals surface area contributed by atoms with Crippen molar-refractivity contribution >= 4 is 17.4 Å². The number of aromatic nitrogens is 2. The van der Waals surface area contributed by atoms with Gasteiger partial charge in [-0.2, -0.15) is 4.68 Å². The quantitative estimate of drug-likeness (QED) is 0.412. The van der Waals surface area contributed by atoms with Crippen molar-refractivity contribution in [1.29, 1.82) is 0 Å². The van der Waals surface area contributed by atoms with Gasteiger partial charge in [0.25, 0.3) is 0 Å². The highest BCUT2D eigenvalue weighted by Gasteiger charge is 2.17. The van der Waals surface area contributed by atoms with Crippen molar-refractivity contribution in [3.05, 3.63) is 21.3 Å². The van der Waals surface area contributed by atoms with Gasteiger partial charge in [-0.3, -0.25) is 0 Å². The van der Waals surface area contributed by atoms with Crippen molar-refractivity contribution in [2.75, 3.05) is 0 Å². The Balaban J connectivity index is 2.93. The SMILES string of the molecule is CC#CCn1cc(Cl)c([N+](=O)[O-])n1. The van der Waals surface area contributed by atoms with E-state index in [4.69, 9.17) is 11.6 Å². The molecule has 0 aliphatic heterocycles. The Hall–Kier alpha value is -1.54. The standard InChI is InChI=1S/C7H6ClN3O2/c1-2-3-4-10-5-6(8)7(9-10)11(12)13/h5H,4H2,1H3. The molecule has 0 N–H and O–H groups in total. The molecular weight excluding hydrogens is 194 g/mol. The predicted octanol–water partition coefficient (Wildman–Crippen LogP) is 1.47. The maximum absolute atomic E-state index is 10.3. The first kappa shape index (κ1) is 9.55. The van der Waals surface area contributed by atoms with E-state index < -0.39 is 4.92 Å². The molecule has 1 aromatic rings. The topological polar surface area (TPSA) is 61.0 Å². The van der Waals surface area contributed by atoms with Crippen LogP contribution in [0.3, 0.4) is 0 Å². The van der Waals surface area contributed by atoms with E-state index in [1.807, 2.05) is 0 Å². The maximum atomic E-state index is 10.3. The maximum Gasteiger partial charge on any atom is 0.408 e. The lowest BCUT2D eigenvalue weighted by Gasteiger charge is -1.85. The molecule has 13 heavy (non-hydrogen) atoms. The summed E-state index contributed by atoms with van der Waals surface area (Å²) >= 11 is 5.55. The van der Waals surface area contributed by atoms with Gasteiger partial charge in [0, 0.05) is 0 Å². The van der Waals surface area contributed by atoms with Crippen molar-refractivity contribution < 1.29 is 4.92 Å². The largest absolute Gasteiger partial charge is 0.408 e. The summed E-state index contributed by atoms with van der Waals surface area (Å²) in [6, 6.07) is 0. The molecule has 0 aliphatic carbocycles. The molecule has 0 fully saturated rings. The van der Waals surface area contributed by atoms with Crippen molar-refractivity contribution in [2.24, 2.45) is 0 Å². The third-order valence-corrected chi connectivity index (χ3v) is 1.56. The van der Waals surface area contributed by atoms with E-state index in [0.29, 0.717) is 6.54 Å². The minimum Gasteiger partial charge on any atom is -0.358 e. The van der Waals surface area contributed by atoms with Crippen LogP contribution in [-0.2, 0) is 6.54 Å². The molecule has 0 bridgehead atoms. The van der Waals surface area contributed by atoms with Crippen molar-refractivity contribution in [3.63, 3.8) is 0 Å². The van der Waals surface area contributed by atoms with Gasteiger partial charge in [0.1, 0.15) is 6.54 Å². The fraction of sp³-hybridized carbons (Fsp3) is 0.286. The van der Waals surface area contributed by atoms with Gasteiger partial charge in [-0.05, 0) is 11.8 Å². The van der Waals surface area contributed by atoms with Crippen LogP contribution < -0.4 is 0 Å². The third-order valence-electron chi connectivity index (χ3n) is 1.29. The van der Waals surface area contributed by atoms with Crippen LogP contribution in [0.5, 0.6) is 0 Å². The zero-order valence-electron chi connectivity index (χ0n) is 6.82. The van der Waals surface area contributed by atoms with E-state index in [9.17, 15) is 10.1 Å². The van der Waals surface area contributed by atoms with E-state index in [1.54, 1.807) is 6.92 Å². The lowest BCUT2D eigenvalue weighted by molar-refractivity contribution is -0.389. The second kappa shape index (κ2) is 3.92. The van der Waals surface area contributed by atoms with E-state index in [1.165, 1.54) is 10.9 Å². The average Bonchev–Trinajstić information content (AvgIpc) is 2.43. The van der Waals surface area contributed by atoms with Crippen LogP contribution in [-0.4, -0.2) is 14.7 Å². The Morgan fingerprint density at radius 2 is 2.54 bits per heavy atom. The number of nitrogens with zero attached hydrogens (tertiary/aromatic N) is 3. The number of hydrogen-bond acceptors (Lipinski definition) is 3. The fourth-order valence-electron chi connectivity index (χ4n) is 0.752. The van der Waals surface area contributed by atoms with Crippen molar-refractivity contribution in [3.8, 4) is 11.8 Å². The Labute approximate surface area is 79.5 Å². The smallest absolute Gasteiger partial charge is 0.358 e. The van der Waals surface area contributed by atoms with Crippen LogP contribution in [0.2, 0.25) is 5.02 Å². The first-order valence-corrected chi connectivity index (χ1v) is 3.80. The zero-order chi connectivity index (χ0) is 9.84. The highest BCUT2D eigenvalue weighted by Crippen LogP contribution is 2.20. The van der Waals surface area contributed by atoms with E-state index in [0.717, 1.165) is 0 Å². The molecule has 0 aliphatic rings. The summed E-state index contributed by atoms with van der Waals surface area (Å²) in [4.78, 5) is 9.69.